The van der Waals surface area contributed by atoms with Gasteiger partial charge in [-0.15, -0.1) is 0 Å². The molecule has 0 radical (unpaired) electrons. The van der Waals surface area contributed by atoms with Crippen LogP contribution in [0.15, 0.2) is 41.5 Å². The van der Waals surface area contributed by atoms with Gasteiger partial charge < -0.3 is 9.52 Å². The first kappa shape index (κ1) is 9.59. The van der Waals surface area contributed by atoms with Gasteiger partial charge in [0.15, 0.2) is 5.65 Å². The number of rotatable bonds is 2. The molecule has 0 aliphatic heterocycles. The van der Waals surface area contributed by atoms with E-state index in [4.69, 9.17) is 9.52 Å². The van der Waals surface area contributed by atoms with Crippen molar-refractivity contribution in [3.8, 4) is 11.3 Å². The van der Waals surface area contributed by atoms with Crippen LogP contribution in [0.4, 0.5) is 0 Å². The Balaban J connectivity index is 2.32. The molecule has 0 fully saturated rings. The van der Waals surface area contributed by atoms with Crippen LogP contribution < -0.4 is 0 Å². The van der Waals surface area contributed by atoms with Crippen molar-refractivity contribution < 1.29 is 14.3 Å². The minimum atomic E-state index is -1.04. The molecule has 0 amide bonds. The van der Waals surface area contributed by atoms with Gasteiger partial charge in [-0.2, -0.15) is 5.10 Å². The minimum Gasteiger partial charge on any atom is -0.477 e. The van der Waals surface area contributed by atoms with Crippen molar-refractivity contribution in [1.29, 1.82) is 0 Å². The third kappa shape index (κ3) is 1.38. The summed E-state index contributed by atoms with van der Waals surface area (Å²) in [6, 6.07) is 3.52. The molecule has 6 heteroatoms. The second kappa shape index (κ2) is 3.44. The van der Waals surface area contributed by atoms with Crippen LogP contribution in [0.25, 0.3) is 16.9 Å². The van der Waals surface area contributed by atoms with Crippen LogP contribution in [-0.2, 0) is 0 Å². The number of hydrogen-bond acceptors (Lipinski definition) is 4. The van der Waals surface area contributed by atoms with Crippen molar-refractivity contribution >= 4 is 11.6 Å². The highest BCUT2D eigenvalue weighted by Crippen LogP contribution is 2.21. The molecule has 0 spiro atoms. The van der Waals surface area contributed by atoms with E-state index in [-0.39, 0.29) is 5.56 Å². The number of hydrogen-bond donors (Lipinski definition) is 1. The van der Waals surface area contributed by atoms with E-state index < -0.39 is 5.97 Å². The molecule has 0 saturated carbocycles. The zero-order valence-electron chi connectivity index (χ0n) is 8.57. The van der Waals surface area contributed by atoms with Gasteiger partial charge in [0.25, 0.3) is 0 Å². The molecule has 0 aliphatic carbocycles. The summed E-state index contributed by atoms with van der Waals surface area (Å²) < 4.78 is 6.47. The Morgan fingerprint density at radius 2 is 2.29 bits per heavy atom. The molecule has 84 valence electrons. The molecular formula is C11H7N3O3. The average molecular weight is 229 g/mol. The fourth-order valence-corrected chi connectivity index (χ4v) is 1.67. The Labute approximate surface area is 95.1 Å². The number of aromatic carboxylic acids is 1. The highest BCUT2D eigenvalue weighted by Gasteiger charge is 2.15. The van der Waals surface area contributed by atoms with Crippen molar-refractivity contribution in [2.24, 2.45) is 0 Å². The first-order valence-corrected chi connectivity index (χ1v) is 4.86. The van der Waals surface area contributed by atoms with Crippen molar-refractivity contribution in [3.05, 3.63) is 42.6 Å². The predicted octanol–water partition coefficient (Wildman–Crippen LogP) is 1.69. The van der Waals surface area contributed by atoms with Gasteiger partial charge in [-0.25, -0.2) is 14.3 Å². The number of furan rings is 1. The van der Waals surface area contributed by atoms with Crippen LogP contribution in [-0.4, -0.2) is 25.7 Å². The van der Waals surface area contributed by atoms with E-state index in [1.807, 2.05) is 0 Å². The van der Waals surface area contributed by atoms with E-state index in [9.17, 15) is 4.79 Å². The number of fused-ring (bicyclic) bond motifs is 1. The molecule has 6 nitrogen and oxygen atoms in total. The second-order valence-corrected chi connectivity index (χ2v) is 3.44. The molecule has 0 bridgehead atoms. The smallest absolute Gasteiger partial charge is 0.341 e. The summed E-state index contributed by atoms with van der Waals surface area (Å²) in [5, 5.41) is 13.0. The monoisotopic (exact) mass is 229 g/mol. The van der Waals surface area contributed by atoms with Gasteiger partial charge in [0.1, 0.15) is 5.56 Å². The Morgan fingerprint density at radius 3 is 3.00 bits per heavy atom. The van der Waals surface area contributed by atoms with Gasteiger partial charge in [0, 0.05) is 11.8 Å². The minimum absolute atomic E-state index is 0.0790. The van der Waals surface area contributed by atoms with Crippen molar-refractivity contribution in [3.63, 3.8) is 0 Å². The molecule has 3 heterocycles. The largest absolute Gasteiger partial charge is 0.477 e. The topological polar surface area (TPSA) is 80.6 Å². The van der Waals surface area contributed by atoms with Crippen molar-refractivity contribution in [2.45, 2.75) is 0 Å². The fraction of sp³-hybridized carbons (Fsp3) is 0. The Hall–Kier alpha value is -2.63. The molecular weight excluding hydrogens is 222 g/mol. The van der Waals surface area contributed by atoms with Crippen LogP contribution >= 0.6 is 0 Å². The Morgan fingerprint density at radius 1 is 1.41 bits per heavy atom. The molecule has 17 heavy (non-hydrogen) atoms. The molecule has 3 aromatic rings. The van der Waals surface area contributed by atoms with Crippen LogP contribution in [0.3, 0.4) is 0 Å². The lowest BCUT2D eigenvalue weighted by Gasteiger charge is -2.00. The third-order valence-corrected chi connectivity index (χ3v) is 2.45. The SMILES string of the molecule is O=C(O)c1cnn2c(-c3ccoc3)ccnc12. The average Bonchev–Trinajstić information content (AvgIpc) is 2.97. The standard InChI is InChI=1S/C11H7N3O3/c15-11(16)8-5-13-14-9(1-3-12-10(8)14)7-2-4-17-6-7/h1-6H,(H,15,16). The first-order chi connectivity index (χ1) is 8.27. The molecule has 0 aromatic carbocycles. The molecule has 0 atom stereocenters. The van der Waals surface area contributed by atoms with Crippen molar-refractivity contribution in [1.82, 2.24) is 14.6 Å². The van der Waals surface area contributed by atoms with Crippen molar-refractivity contribution in [2.75, 3.05) is 0 Å². The Kier molecular flexibility index (Phi) is 1.94. The highest BCUT2D eigenvalue weighted by molar-refractivity contribution is 5.94. The van der Waals surface area contributed by atoms with Gasteiger partial charge in [-0.1, -0.05) is 0 Å². The van der Waals surface area contributed by atoms with Crippen LogP contribution in [0, 0.1) is 0 Å². The van der Waals surface area contributed by atoms with E-state index in [0.717, 1.165) is 11.3 Å². The summed E-state index contributed by atoms with van der Waals surface area (Å²) in [6.45, 7) is 0. The lowest BCUT2D eigenvalue weighted by Crippen LogP contribution is -1.99. The molecule has 3 aromatic heterocycles. The van der Waals surface area contributed by atoms with E-state index in [2.05, 4.69) is 10.1 Å². The lowest BCUT2D eigenvalue weighted by atomic mass is 10.2. The number of carboxylic acid groups (broad SMARTS) is 1. The van der Waals surface area contributed by atoms with Crippen LogP contribution in [0.2, 0.25) is 0 Å². The van der Waals surface area contributed by atoms with Gasteiger partial charge in [0.2, 0.25) is 0 Å². The molecule has 0 aliphatic rings. The first-order valence-electron chi connectivity index (χ1n) is 4.86. The summed E-state index contributed by atoms with van der Waals surface area (Å²) in [5.74, 6) is -1.04. The fourth-order valence-electron chi connectivity index (χ4n) is 1.67. The maximum absolute atomic E-state index is 11.0. The predicted molar refractivity (Wildman–Crippen MR) is 57.6 cm³/mol. The van der Waals surface area contributed by atoms with E-state index >= 15 is 0 Å². The normalized spacial score (nSPS) is 10.8. The van der Waals surface area contributed by atoms with Gasteiger partial charge in [0.05, 0.1) is 24.4 Å². The van der Waals surface area contributed by atoms with Crippen LogP contribution in [0.1, 0.15) is 10.4 Å². The summed E-state index contributed by atoms with van der Waals surface area (Å²) >= 11 is 0. The zero-order chi connectivity index (χ0) is 11.8. The van der Waals surface area contributed by atoms with E-state index in [1.165, 1.54) is 10.7 Å². The maximum Gasteiger partial charge on any atom is 0.341 e. The number of carboxylic acids is 1. The maximum atomic E-state index is 11.0. The van der Waals surface area contributed by atoms with Gasteiger partial charge in [-0.05, 0) is 12.1 Å². The Bertz CT molecular complexity index is 685. The molecule has 1 N–H and O–H groups in total. The van der Waals surface area contributed by atoms with E-state index in [0.29, 0.717) is 5.65 Å². The molecule has 0 unspecified atom stereocenters. The van der Waals surface area contributed by atoms with E-state index in [1.54, 1.807) is 30.9 Å². The second-order valence-electron chi connectivity index (χ2n) is 3.44. The van der Waals surface area contributed by atoms with Crippen LogP contribution in [0.5, 0.6) is 0 Å². The zero-order valence-corrected chi connectivity index (χ0v) is 8.57. The highest BCUT2D eigenvalue weighted by atomic mass is 16.4. The summed E-state index contributed by atoms with van der Waals surface area (Å²) in [5.41, 5.74) is 1.94. The number of nitrogens with zero attached hydrogens (tertiary/aromatic N) is 3. The summed E-state index contributed by atoms with van der Waals surface area (Å²) in [6.07, 6.45) is 5.94. The third-order valence-electron chi connectivity index (χ3n) is 2.45. The molecule has 3 rings (SSSR count). The number of aromatic nitrogens is 3. The summed E-state index contributed by atoms with van der Waals surface area (Å²) in [7, 11) is 0. The molecule has 0 saturated heterocycles. The van der Waals surface area contributed by atoms with Gasteiger partial charge in [-0.3, -0.25) is 0 Å². The number of carbonyl (C=O) groups is 1. The van der Waals surface area contributed by atoms with Gasteiger partial charge >= 0.3 is 5.97 Å². The quantitative estimate of drug-likeness (QED) is 0.723. The summed E-state index contributed by atoms with van der Waals surface area (Å²) in [4.78, 5) is 15.0. The lowest BCUT2D eigenvalue weighted by molar-refractivity contribution is 0.0699.